The average molecular weight is 309 g/mol. The van der Waals surface area contributed by atoms with Crippen molar-refractivity contribution in [2.45, 2.75) is 71.4 Å². The van der Waals surface area contributed by atoms with Crippen LogP contribution in [0.15, 0.2) is 4.52 Å². The molecule has 1 unspecified atom stereocenters. The van der Waals surface area contributed by atoms with E-state index in [0.717, 1.165) is 31.4 Å². The van der Waals surface area contributed by atoms with Crippen molar-refractivity contribution in [2.75, 3.05) is 11.9 Å². The monoisotopic (exact) mass is 309 g/mol. The summed E-state index contributed by atoms with van der Waals surface area (Å²) in [5.41, 5.74) is 1.42. The molecule has 0 spiro atoms. The van der Waals surface area contributed by atoms with Gasteiger partial charge in [-0.3, -0.25) is 0 Å². The number of aryl methyl sites for hydroxylation is 2. The zero-order valence-corrected chi connectivity index (χ0v) is 13.8. The number of urea groups is 1. The van der Waals surface area contributed by atoms with Gasteiger partial charge in [0.05, 0.1) is 6.10 Å². The number of aliphatic hydroxyl groups is 1. The summed E-state index contributed by atoms with van der Waals surface area (Å²) in [6.07, 6.45) is 5.67. The van der Waals surface area contributed by atoms with Gasteiger partial charge in [0.25, 0.3) is 0 Å². The lowest BCUT2D eigenvalue weighted by Crippen LogP contribution is -2.47. The Balaban J connectivity index is 2.12. The smallest absolute Gasteiger partial charge is 0.322 e. The number of hydrogen-bond acceptors (Lipinski definition) is 4. The fourth-order valence-corrected chi connectivity index (χ4v) is 3.07. The van der Waals surface area contributed by atoms with E-state index in [9.17, 15) is 9.90 Å². The molecule has 0 radical (unpaired) electrons. The second kappa shape index (κ2) is 7.63. The quantitative estimate of drug-likeness (QED) is 0.876. The molecular formula is C16H27N3O3. The van der Waals surface area contributed by atoms with Crippen LogP contribution in [0, 0.1) is 6.92 Å². The first-order chi connectivity index (χ1) is 10.5. The van der Waals surface area contributed by atoms with Crippen molar-refractivity contribution >= 4 is 11.7 Å². The molecule has 22 heavy (non-hydrogen) atoms. The third-order valence-corrected chi connectivity index (χ3v) is 4.24. The summed E-state index contributed by atoms with van der Waals surface area (Å²) in [7, 11) is 0. The molecule has 1 aliphatic carbocycles. The second-order valence-corrected chi connectivity index (χ2v) is 6.14. The van der Waals surface area contributed by atoms with Crippen molar-refractivity contribution in [3.05, 3.63) is 11.5 Å². The molecule has 2 amide bonds. The topological polar surface area (TPSA) is 78.6 Å². The van der Waals surface area contributed by atoms with E-state index in [4.69, 9.17) is 4.52 Å². The minimum Gasteiger partial charge on any atom is -0.392 e. The standard InChI is InChI=1S/C16H27N3O3/c1-4-14-15(12(3)22-18-14)17-16(21)19(10-11(2)20)13-8-6-5-7-9-13/h11,13,20H,4-10H2,1-3H3,(H,17,21). The van der Waals surface area contributed by atoms with Gasteiger partial charge in [0.1, 0.15) is 11.4 Å². The van der Waals surface area contributed by atoms with Crippen molar-refractivity contribution in [3.63, 3.8) is 0 Å². The van der Waals surface area contributed by atoms with E-state index in [1.807, 2.05) is 6.92 Å². The maximum absolute atomic E-state index is 12.7. The van der Waals surface area contributed by atoms with Gasteiger partial charge in [-0.1, -0.05) is 31.3 Å². The van der Waals surface area contributed by atoms with Crippen LogP contribution in [0.2, 0.25) is 0 Å². The first kappa shape index (κ1) is 16.8. The molecule has 1 heterocycles. The predicted molar refractivity (Wildman–Crippen MR) is 84.9 cm³/mol. The SMILES string of the molecule is CCc1noc(C)c1NC(=O)N(CC(C)O)C1CCCCC1. The van der Waals surface area contributed by atoms with E-state index in [1.165, 1.54) is 6.42 Å². The summed E-state index contributed by atoms with van der Waals surface area (Å²) < 4.78 is 5.16. The maximum atomic E-state index is 12.7. The lowest BCUT2D eigenvalue weighted by Gasteiger charge is -2.35. The second-order valence-electron chi connectivity index (χ2n) is 6.14. The van der Waals surface area contributed by atoms with Gasteiger partial charge in [-0.2, -0.15) is 0 Å². The molecule has 1 saturated carbocycles. The number of rotatable bonds is 5. The number of aliphatic hydroxyl groups excluding tert-OH is 1. The summed E-state index contributed by atoms with van der Waals surface area (Å²) in [6.45, 7) is 5.83. The Morgan fingerprint density at radius 1 is 1.45 bits per heavy atom. The number of amides is 2. The Morgan fingerprint density at radius 3 is 2.73 bits per heavy atom. The molecule has 6 nitrogen and oxygen atoms in total. The van der Waals surface area contributed by atoms with Gasteiger partial charge in [-0.05, 0) is 33.1 Å². The van der Waals surface area contributed by atoms with Crippen LogP contribution >= 0.6 is 0 Å². The number of nitrogens with one attached hydrogen (secondary N) is 1. The van der Waals surface area contributed by atoms with Crippen molar-refractivity contribution < 1.29 is 14.4 Å². The lowest BCUT2D eigenvalue weighted by molar-refractivity contribution is 0.105. The third-order valence-electron chi connectivity index (χ3n) is 4.24. The van der Waals surface area contributed by atoms with Gasteiger partial charge in [-0.25, -0.2) is 4.79 Å². The van der Waals surface area contributed by atoms with Gasteiger partial charge >= 0.3 is 6.03 Å². The highest BCUT2D eigenvalue weighted by atomic mass is 16.5. The molecule has 2 rings (SSSR count). The minimum absolute atomic E-state index is 0.172. The van der Waals surface area contributed by atoms with Crippen molar-refractivity contribution in [3.8, 4) is 0 Å². The van der Waals surface area contributed by atoms with Gasteiger partial charge in [0.15, 0.2) is 5.76 Å². The molecule has 1 aliphatic rings. The fourth-order valence-electron chi connectivity index (χ4n) is 3.07. The molecule has 0 aromatic carbocycles. The summed E-state index contributed by atoms with van der Waals surface area (Å²) in [6, 6.07) is 0.0300. The lowest BCUT2D eigenvalue weighted by atomic mass is 9.94. The van der Waals surface area contributed by atoms with Crippen LogP contribution in [0.4, 0.5) is 10.5 Å². The zero-order chi connectivity index (χ0) is 16.1. The van der Waals surface area contributed by atoms with E-state index < -0.39 is 6.10 Å². The predicted octanol–water partition coefficient (Wildman–Crippen LogP) is 3.09. The van der Waals surface area contributed by atoms with Crippen LogP contribution < -0.4 is 5.32 Å². The fraction of sp³-hybridized carbons (Fsp3) is 0.750. The highest BCUT2D eigenvalue weighted by molar-refractivity contribution is 5.90. The van der Waals surface area contributed by atoms with Gasteiger partial charge in [-0.15, -0.1) is 0 Å². The van der Waals surface area contributed by atoms with E-state index in [0.29, 0.717) is 24.4 Å². The number of carbonyl (C=O) groups is 1. The van der Waals surface area contributed by atoms with Crippen LogP contribution in [-0.2, 0) is 6.42 Å². The summed E-state index contributed by atoms with van der Waals surface area (Å²) in [5, 5.41) is 16.6. The number of anilines is 1. The first-order valence-corrected chi connectivity index (χ1v) is 8.23. The number of aromatic nitrogens is 1. The molecule has 1 fully saturated rings. The maximum Gasteiger partial charge on any atom is 0.322 e. The molecule has 6 heteroatoms. The van der Waals surface area contributed by atoms with Gasteiger partial charge in [0, 0.05) is 12.6 Å². The van der Waals surface area contributed by atoms with Crippen molar-refractivity contribution in [2.24, 2.45) is 0 Å². The Morgan fingerprint density at radius 2 is 2.14 bits per heavy atom. The first-order valence-electron chi connectivity index (χ1n) is 8.23. The molecule has 0 aliphatic heterocycles. The van der Waals surface area contributed by atoms with E-state index in [-0.39, 0.29) is 12.1 Å². The number of hydrogen-bond donors (Lipinski definition) is 2. The Hall–Kier alpha value is -1.56. The minimum atomic E-state index is -0.540. The van der Waals surface area contributed by atoms with Gasteiger partial charge in [0.2, 0.25) is 0 Å². The highest BCUT2D eigenvalue weighted by Gasteiger charge is 2.27. The normalized spacial score (nSPS) is 17.3. The van der Waals surface area contributed by atoms with E-state index in [1.54, 1.807) is 18.7 Å². The van der Waals surface area contributed by atoms with Crippen LogP contribution in [0.1, 0.15) is 57.4 Å². The summed E-state index contributed by atoms with van der Waals surface area (Å²) in [4.78, 5) is 14.5. The Kier molecular flexibility index (Phi) is 5.83. The van der Waals surface area contributed by atoms with Gasteiger partial charge < -0.3 is 19.8 Å². The highest BCUT2D eigenvalue weighted by Crippen LogP contribution is 2.25. The summed E-state index contributed by atoms with van der Waals surface area (Å²) >= 11 is 0. The molecule has 124 valence electrons. The van der Waals surface area contributed by atoms with Crippen LogP contribution in [-0.4, -0.2) is 39.9 Å². The van der Waals surface area contributed by atoms with Crippen LogP contribution in [0.3, 0.4) is 0 Å². The van der Waals surface area contributed by atoms with Crippen molar-refractivity contribution in [1.29, 1.82) is 0 Å². The van der Waals surface area contributed by atoms with Crippen LogP contribution in [0.5, 0.6) is 0 Å². The molecular weight excluding hydrogens is 282 g/mol. The Labute approximate surface area is 131 Å². The third kappa shape index (κ3) is 4.00. The molecule has 2 N–H and O–H groups in total. The average Bonchev–Trinajstić information content (AvgIpc) is 2.86. The molecule has 0 bridgehead atoms. The molecule has 1 atom stereocenters. The van der Waals surface area contributed by atoms with E-state index >= 15 is 0 Å². The van der Waals surface area contributed by atoms with Crippen molar-refractivity contribution in [1.82, 2.24) is 10.1 Å². The van der Waals surface area contributed by atoms with E-state index in [2.05, 4.69) is 10.5 Å². The molecule has 1 aromatic rings. The number of carbonyl (C=O) groups excluding carboxylic acids is 1. The molecule has 0 saturated heterocycles. The largest absolute Gasteiger partial charge is 0.392 e. The number of nitrogens with zero attached hydrogens (tertiary/aromatic N) is 2. The zero-order valence-electron chi connectivity index (χ0n) is 13.8. The van der Waals surface area contributed by atoms with Crippen LogP contribution in [0.25, 0.3) is 0 Å². The Bertz CT molecular complexity index is 493. The summed E-state index contributed by atoms with van der Waals surface area (Å²) in [5.74, 6) is 0.617. The molecule has 1 aromatic heterocycles.